The number of aromatic nitrogens is 1. The molecule has 146 valence electrons. The Labute approximate surface area is 161 Å². The highest BCUT2D eigenvalue weighted by Crippen LogP contribution is 2.41. The van der Waals surface area contributed by atoms with Gasteiger partial charge in [-0.1, -0.05) is 22.7 Å². The highest BCUT2D eigenvalue weighted by Gasteiger charge is 2.33. The molecule has 0 N–H and O–H groups in total. The molecule has 3 heterocycles. The summed E-state index contributed by atoms with van der Waals surface area (Å²) in [7, 11) is 0. The van der Waals surface area contributed by atoms with Crippen molar-refractivity contribution in [3.05, 3.63) is 51.7 Å². The summed E-state index contributed by atoms with van der Waals surface area (Å²) in [5.74, 6) is -0.477. The molecule has 0 atom stereocenters. The van der Waals surface area contributed by atoms with Crippen molar-refractivity contribution in [2.24, 2.45) is 0 Å². The fourth-order valence-electron chi connectivity index (χ4n) is 1.91. The summed E-state index contributed by atoms with van der Waals surface area (Å²) in [5.41, 5.74) is 0.000187. The minimum absolute atomic E-state index is 0.000187. The Hall–Kier alpha value is -2.78. The van der Waals surface area contributed by atoms with Crippen LogP contribution in [0.3, 0.4) is 0 Å². The predicted molar refractivity (Wildman–Crippen MR) is 87.7 cm³/mol. The fraction of sp³-hybridized carbons (Fsp3) is 0.125. The van der Waals surface area contributed by atoms with Gasteiger partial charge in [0.1, 0.15) is 9.75 Å². The average molecular weight is 436 g/mol. The number of rotatable bonds is 4. The van der Waals surface area contributed by atoms with Gasteiger partial charge in [0.25, 0.3) is 0 Å². The summed E-state index contributed by atoms with van der Waals surface area (Å²) in [5, 5.41) is 8.80. The number of nitrogens with zero attached hydrogens (tertiary/aromatic N) is 2. The Morgan fingerprint density at radius 1 is 0.786 bits per heavy atom. The number of hydrogen-bond acceptors (Lipinski definition) is 6. The number of ether oxygens (including phenoxy) is 2. The molecule has 3 rings (SSSR count). The first-order chi connectivity index (χ1) is 13.0. The van der Waals surface area contributed by atoms with E-state index in [1.54, 1.807) is 6.07 Å². The molecule has 28 heavy (non-hydrogen) atoms. The number of pyridine rings is 1. The second-order valence-electron chi connectivity index (χ2n) is 5.08. The lowest BCUT2D eigenvalue weighted by Crippen LogP contribution is -2.00. The third-order valence-corrected chi connectivity index (χ3v) is 5.06. The SMILES string of the molecule is N#Cc1cc(Oc2ccc(C(F)(F)F)s2)nc(Oc2ccc(C(F)(F)F)s2)c1. The van der Waals surface area contributed by atoms with Gasteiger partial charge in [0.05, 0.1) is 11.6 Å². The topological polar surface area (TPSA) is 55.1 Å². The van der Waals surface area contributed by atoms with Gasteiger partial charge in [0, 0.05) is 12.1 Å². The van der Waals surface area contributed by atoms with E-state index in [-0.39, 0.29) is 27.4 Å². The Morgan fingerprint density at radius 2 is 1.21 bits per heavy atom. The standard InChI is InChI=1S/C16H6F6N2O2S2/c17-15(18,19)9-1-3-13(27-9)25-11-5-8(7-23)6-12(24-11)26-14-4-2-10(28-14)16(20,21)22/h1-6H. The van der Waals surface area contributed by atoms with Gasteiger partial charge < -0.3 is 9.47 Å². The maximum atomic E-state index is 12.6. The molecule has 4 nitrogen and oxygen atoms in total. The van der Waals surface area contributed by atoms with Crippen molar-refractivity contribution in [3.63, 3.8) is 0 Å². The zero-order valence-electron chi connectivity index (χ0n) is 13.3. The van der Waals surface area contributed by atoms with Gasteiger partial charge in [0.2, 0.25) is 11.8 Å². The molecule has 0 amide bonds. The van der Waals surface area contributed by atoms with Crippen LogP contribution in [0.1, 0.15) is 15.3 Å². The Kier molecular flexibility index (Phi) is 5.22. The van der Waals surface area contributed by atoms with Gasteiger partial charge in [0.15, 0.2) is 10.1 Å². The van der Waals surface area contributed by atoms with Crippen LogP contribution in [-0.4, -0.2) is 4.98 Å². The molecule has 0 aromatic carbocycles. The third kappa shape index (κ3) is 4.73. The number of alkyl halides is 6. The summed E-state index contributed by atoms with van der Waals surface area (Å²) >= 11 is 0.660. The molecule has 0 saturated carbocycles. The largest absolute Gasteiger partial charge is 0.428 e. The Balaban J connectivity index is 1.83. The molecule has 0 fully saturated rings. The van der Waals surface area contributed by atoms with Crippen LogP contribution in [0.2, 0.25) is 0 Å². The second-order valence-corrected chi connectivity index (χ2v) is 7.17. The van der Waals surface area contributed by atoms with Crippen LogP contribution >= 0.6 is 22.7 Å². The molecule has 0 aliphatic rings. The molecular formula is C16H6F6N2O2S2. The van der Waals surface area contributed by atoms with Gasteiger partial charge in [-0.3, -0.25) is 0 Å². The minimum atomic E-state index is -4.53. The lowest BCUT2D eigenvalue weighted by Gasteiger charge is -2.07. The van der Waals surface area contributed by atoms with Crippen molar-refractivity contribution in [2.75, 3.05) is 0 Å². The quantitative estimate of drug-likeness (QED) is 0.427. The first-order valence-electron chi connectivity index (χ1n) is 7.16. The van der Waals surface area contributed by atoms with Crippen LogP contribution < -0.4 is 9.47 Å². The molecule has 0 aliphatic carbocycles. The molecule has 3 aromatic rings. The lowest BCUT2D eigenvalue weighted by atomic mass is 10.3. The summed E-state index contributed by atoms with van der Waals surface area (Å²) in [4.78, 5) is 2.11. The predicted octanol–water partition coefficient (Wildman–Crippen LogP) is 6.70. The zero-order valence-corrected chi connectivity index (χ0v) is 14.9. The number of thiophene rings is 2. The molecule has 12 heteroatoms. The summed E-state index contributed by atoms with van der Waals surface area (Å²) in [6.07, 6.45) is -9.06. The minimum Gasteiger partial charge on any atom is -0.428 e. The maximum Gasteiger partial charge on any atom is 0.425 e. The summed E-state index contributed by atoms with van der Waals surface area (Å²) < 4.78 is 86.4. The monoisotopic (exact) mass is 436 g/mol. The van der Waals surface area contributed by atoms with Crippen LogP contribution in [0.15, 0.2) is 36.4 Å². The maximum absolute atomic E-state index is 12.6. The van der Waals surface area contributed by atoms with Crippen molar-refractivity contribution in [1.29, 1.82) is 5.26 Å². The van der Waals surface area contributed by atoms with E-state index in [1.165, 1.54) is 0 Å². The van der Waals surface area contributed by atoms with Crippen LogP contribution in [0.5, 0.6) is 21.9 Å². The van der Waals surface area contributed by atoms with Crippen molar-refractivity contribution in [2.45, 2.75) is 12.4 Å². The molecule has 0 radical (unpaired) electrons. The molecular weight excluding hydrogens is 430 g/mol. The van der Waals surface area contributed by atoms with Crippen LogP contribution in [0.25, 0.3) is 0 Å². The van der Waals surface area contributed by atoms with Gasteiger partial charge in [-0.2, -0.15) is 36.6 Å². The molecule has 0 bridgehead atoms. The average Bonchev–Trinajstić information content (AvgIpc) is 3.23. The first-order valence-corrected chi connectivity index (χ1v) is 8.80. The van der Waals surface area contributed by atoms with E-state index in [4.69, 9.17) is 14.7 Å². The fourth-order valence-corrected chi connectivity index (χ4v) is 3.37. The summed E-state index contributed by atoms with van der Waals surface area (Å²) in [6.45, 7) is 0. The molecule has 0 aliphatic heterocycles. The van der Waals surface area contributed by atoms with Gasteiger partial charge in [-0.05, 0) is 24.3 Å². The van der Waals surface area contributed by atoms with Crippen molar-refractivity contribution in [1.82, 2.24) is 4.98 Å². The van der Waals surface area contributed by atoms with Crippen molar-refractivity contribution >= 4 is 22.7 Å². The molecule has 3 aromatic heterocycles. The van der Waals surface area contributed by atoms with Gasteiger partial charge in [-0.25, -0.2) is 0 Å². The molecule has 0 saturated heterocycles. The third-order valence-electron chi connectivity index (χ3n) is 3.04. The van der Waals surface area contributed by atoms with E-state index in [1.807, 2.05) is 0 Å². The summed E-state index contributed by atoms with van der Waals surface area (Å²) in [6, 6.07) is 7.94. The highest BCUT2D eigenvalue weighted by molar-refractivity contribution is 7.14. The second kappa shape index (κ2) is 7.33. The first kappa shape index (κ1) is 20.0. The molecule has 0 spiro atoms. The lowest BCUT2D eigenvalue weighted by molar-refractivity contribution is -0.135. The number of nitriles is 1. The van der Waals surface area contributed by atoms with E-state index >= 15 is 0 Å². The van der Waals surface area contributed by atoms with Gasteiger partial charge >= 0.3 is 12.4 Å². The Bertz CT molecular complexity index is 960. The van der Waals surface area contributed by atoms with E-state index in [9.17, 15) is 26.3 Å². The van der Waals surface area contributed by atoms with E-state index in [0.717, 1.165) is 36.4 Å². The van der Waals surface area contributed by atoms with Crippen LogP contribution in [0.4, 0.5) is 26.3 Å². The number of hydrogen-bond donors (Lipinski definition) is 0. The number of halogens is 6. The zero-order chi connectivity index (χ0) is 20.5. The van der Waals surface area contributed by atoms with Crippen molar-refractivity contribution < 1.29 is 35.8 Å². The van der Waals surface area contributed by atoms with E-state index in [2.05, 4.69) is 4.98 Å². The van der Waals surface area contributed by atoms with Crippen LogP contribution in [0, 0.1) is 11.3 Å². The van der Waals surface area contributed by atoms with Crippen LogP contribution in [-0.2, 0) is 12.4 Å². The van der Waals surface area contributed by atoms with Gasteiger partial charge in [-0.15, -0.1) is 0 Å². The normalized spacial score (nSPS) is 11.9. The Morgan fingerprint density at radius 3 is 1.54 bits per heavy atom. The van der Waals surface area contributed by atoms with E-state index < -0.39 is 22.1 Å². The van der Waals surface area contributed by atoms with Crippen molar-refractivity contribution in [3.8, 4) is 28.0 Å². The van der Waals surface area contributed by atoms with E-state index in [0.29, 0.717) is 22.7 Å². The smallest absolute Gasteiger partial charge is 0.425 e. The highest BCUT2D eigenvalue weighted by atomic mass is 32.1. The molecule has 0 unspecified atom stereocenters.